The number of ether oxygens (including phenoxy) is 2. The Morgan fingerprint density at radius 3 is 2.60 bits per heavy atom. The van der Waals surface area contributed by atoms with Gasteiger partial charge in [-0.3, -0.25) is 9.59 Å². The number of amides is 2. The third-order valence-electron chi connectivity index (χ3n) is 3.55. The molecule has 6 nitrogen and oxygen atoms in total. The number of carbonyl (C=O) groups is 2. The van der Waals surface area contributed by atoms with E-state index in [0.29, 0.717) is 32.9 Å². The molecule has 0 saturated heterocycles. The average Bonchev–Trinajstić information content (AvgIpc) is 3.02. The molecule has 0 radical (unpaired) electrons. The number of anilines is 2. The van der Waals surface area contributed by atoms with Gasteiger partial charge in [-0.25, -0.2) is 0 Å². The molecule has 0 bridgehead atoms. The fraction of sp³-hybridized carbons (Fsp3) is 0.176. The molecule has 1 N–H and O–H groups in total. The number of nitrogens with one attached hydrogen (secondary N) is 1. The molecule has 0 unspecified atom stereocenters. The van der Waals surface area contributed by atoms with Gasteiger partial charge in [0.2, 0.25) is 18.6 Å². The highest BCUT2D eigenvalue weighted by Gasteiger charge is 2.20. The van der Waals surface area contributed by atoms with Crippen molar-refractivity contribution in [1.29, 1.82) is 0 Å². The van der Waals surface area contributed by atoms with Crippen molar-refractivity contribution in [1.82, 2.24) is 0 Å². The molecule has 0 fully saturated rings. The number of hydrogen-bond donors (Lipinski definition) is 1. The van der Waals surface area contributed by atoms with Crippen LogP contribution >= 0.6 is 23.2 Å². The number of carbonyl (C=O) groups excluding carboxylic acids is 2. The Bertz CT molecular complexity index is 841. The van der Waals surface area contributed by atoms with Gasteiger partial charge < -0.3 is 19.7 Å². The lowest BCUT2D eigenvalue weighted by molar-refractivity contribution is -0.120. The summed E-state index contributed by atoms with van der Waals surface area (Å²) in [6, 6.07) is 9.79. The zero-order chi connectivity index (χ0) is 18.0. The van der Waals surface area contributed by atoms with Crippen LogP contribution in [0.5, 0.6) is 11.5 Å². The first-order chi connectivity index (χ1) is 11.9. The smallest absolute Gasteiger partial charge is 0.244 e. The fourth-order valence-corrected chi connectivity index (χ4v) is 2.82. The standard InChI is InChI=1S/C17H14Cl2N2O4/c1-10(22)21(12-3-5-15-16(7-12)25-9-24-15)8-17(23)20-14-4-2-11(18)6-13(14)19/h2-7H,8-9H2,1H3,(H,20,23). The molecule has 25 heavy (non-hydrogen) atoms. The molecule has 0 atom stereocenters. The van der Waals surface area contributed by atoms with Gasteiger partial charge in [0, 0.05) is 23.7 Å². The maximum atomic E-state index is 12.3. The normalized spacial score (nSPS) is 12.0. The number of hydrogen-bond acceptors (Lipinski definition) is 4. The molecule has 0 aliphatic carbocycles. The van der Waals surface area contributed by atoms with Crippen LogP contribution in [0.15, 0.2) is 36.4 Å². The molecule has 1 heterocycles. The second-order valence-electron chi connectivity index (χ2n) is 5.32. The quantitative estimate of drug-likeness (QED) is 0.877. The molecular formula is C17H14Cl2N2O4. The maximum Gasteiger partial charge on any atom is 0.244 e. The number of nitrogens with zero attached hydrogens (tertiary/aromatic N) is 1. The third kappa shape index (κ3) is 3.97. The zero-order valence-electron chi connectivity index (χ0n) is 13.2. The van der Waals surface area contributed by atoms with Gasteiger partial charge in [-0.05, 0) is 30.3 Å². The summed E-state index contributed by atoms with van der Waals surface area (Å²) < 4.78 is 10.6. The summed E-state index contributed by atoms with van der Waals surface area (Å²) >= 11 is 11.9. The van der Waals surface area contributed by atoms with Crippen LogP contribution in [0.3, 0.4) is 0 Å². The lowest BCUT2D eigenvalue weighted by Gasteiger charge is -2.21. The van der Waals surface area contributed by atoms with E-state index < -0.39 is 5.91 Å². The van der Waals surface area contributed by atoms with E-state index in [2.05, 4.69) is 5.32 Å². The summed E-state index contributed by atoms with van der Waals surface area (Å²) in [5.74, 6) is 0.461. The second-order valence-corrected chi connectivity index (χ2v) is 6.16. The van der Waals surface area contributed by atoms with E-state index in [1.54, 1.807) is 30.3 Å². The zero-order valence-corrected chi connectivity index (χ0v) is 14.7. The van der Waals surface area contributed by atoms with Crippen LogP contribution in [0.4, 0.5) is 11.4 Å². The summed E-state index contributed by atoms with van der Waals surface area (Å²) in [6.07, 6.45) is 0. The molecule has 0 spiro atoms. The van der Waals surface area contributed by atoms with E-state index in [0.717, 1.165) is 0 Å². The topological polar surface area (TPSA) is 67.9 Å². The van der Waals surface area contributed by atoms with Crippen molar-refractivity contribution in [3.8, 4) is 11.5 Å². The highest BCUT2D eigenvalue weighted by Crippen LogP contribution is 2.35. The van der Waals surface area contributed by atoms with Crippen molar-refractivity contribution in [3.05, 3.63) is 46.4 Å². The summed E-state index contributed by atoms with van der Waals surface area (Å²) in [5.41, 5.74) is 0.958. The predicted molar refractivity (Wildman–Crippen MR) is 95.7 cm³/mol. The van der Waals surface area contributed by atoms with E-state index in [4.69, 9.17) is 32.7 Å². The summed E-state index contributed by atoms with van der Waals surface area (Å²) in [7, 11) is 0. The van der Waals surface area contributed by atoms with Crippen molar-refractivity contribution < 1.29 is 19.1 Å². The highest BCUT2D eigenvalue weighted by molar-refractivity contribution is 6.36. The van der Waals surface area contributed by atoms with Crippen molar-refractivity contribution in [3.63, 3.8) is 0 Å². The van der Waals surface area contributed by atoms with Crippen LogP contribution in [0.2, 0.25) is 10.0 Å². The molecule has 1 aliphatic heterocycles. The molecule has 130 valence electrons. The first-order valence-corrected chi connectivity index (χ1v) is 8.12. The Hall–Kier alpha value is -2.44. The molecule has 0 aromatic heterocycles. The van der Waals surface area contributed by atoms with Gasteiger partial charge in [0.25, 0.3) is 0 Å². The predicted octanol–water partition coefficient (Wildman–Crippen LogP) is 3.71. The maximum absolute atomic E-state index is 12.3. The van der Waals surface area contributed by atoms with E-state index in [-0.39, 0.29) is 19.2 Å². The van der Waals surface area contributed by atoms with Gasteiger partial charge in [-0.1, -0.05) is 23.2 Å². The first-order valence-electron chi connectivity index (χ1n) is 7.36. The van der Waals surface area contributed by atoms with E-state index in [1.807, 2.05) is 0 Å². The van der Waals surface area contributed by atoms with Crippen molar-refractivity contribution >= 4 is 46.4 Å². The van der Waals surface area contributed by atoms with Gasteiger partial charge in [0.1, 0.15) is 6.54 Å². The van der Waals surface area contributed by atoms with Crippen LogP contribution < -0.4 is 19.7 Å². The van der Waals surface area contributed by atoms with Crippen LogP contribution in [0.25, 0.3) is 0 Å². The average molecular weight is 381 g/mol. The largest absolute Gasteiger partial charge is 0.454 e. The van der Waals surface area contributed by atoms with Crippen molar-refractivity contribution in [2.24, 2.45) is 0 Å². The monoisotopic (exact) mass is 380 g/mol. The van der Waals surface area contributed by atoms with E-state index in [1.165, 1.54) is 17.9 Å². The van der Waals surface area contributed by atoms with Crippen LogP contribution in [0, 0.1) is 0 Å². The number of halogens is 2. The lowest BCUT2D eigenvalue weighted by Crippen LogP contribution is -2.36. The SMILES string of the molecule is CC(=O)N(CC(=O)Nc1ccc(Cl)cc1Cl)c1ccc2c(c1)OCO2. The number of fused-ring (bicyclic) bond motifs is 1. The van der Waals surface area contributed by atoms with Crippen molar-refractivity contribution in [2.45, 2.75) is 6.92 Å². The van der Waals surface area contributed by atoms with E-state index >= 15 is 0 Å². The van der Waals surface area contributed by atoms with Gasteiger partial charge >= 0.3 is 0 Å². The molecule has 3 rings (SSSR count). The van der Waals surface area contributed by atoms with Gasteiger partial charge in [0.05, 0.1) is 10.7 Å². The minimum Gasteiger partial charge on any atom is -0.454 e. The number of benzene rings is 2. The van der Waals surface area contributed by atoms with Crippen LogP contribution in [-0.4, -0.2) is 25.2 Å². The minimum absolute atomic E-state index is 0.133. The molecule has 2 aromatic carbocycles. The Morgan fingerprint density at radius 1 is 1.12 bits per heavy atom. The van der Waals surface area contributed by atoms with E-state index in [9.17, 15) is 9.59 Å². The molecule has 1 aliphatic rings. The lowest BCUT2D eigenvalue weighted by atomic mass is 10.2. The summed E-state index contributed by atoms with van der Waals surface area (Å²) in [5, 5.41) is 3.45. The Labute approximate surface area is 154 Å². The molecule has 0 saturated carbocycles. The molecular weight excluding hydrogens is 367 g/mol. The highest BCUT2D eigenvalue weighted by atomic mass is 35.5. The summed E-state index contributed by atoms with van der Waals surface area (Å²) in [4.78, 5) is 25.6. The van der Waals surface area contributed by atoms with Crippen LogP contribution in [0.1, 0.15) is 6.92 Å². The van der Waals surface area contributed by atoms with Gasteiger partial charge in [0.15, 0.2) is 11.5 Å². The Kier molecular flexibility index (Phi) is 5.01. The van der Waals surface area contributed by atoms with Crippen molar-refractivity contribution in [2.75, 3.05) is 23.6 Å². The molecule has 2 aromatic rings. The molecule has 8 heteroatoms. The summed E-state index contributed by atoms with van der Waals surface area (Å²) in [6.45, 7) is 1.34. The first kappa shape index (κ1) is 17.4. The van der Waals surface area contributed by atoms with Gasteiger partial charge in [-0.15, -0.1) is 0 Å². The Morgan fingerprint density at radius 2 is 1.88 bits per heavy atom. The third-order valence-corrected chi connectivity index (χ3v) is 4.10. The minimum atomic E-state index is -0.392. The Balaban J connectivity index is 1.75. The number of rotatable bonds is 4. The molecule has 2 amide bonds. The van der Waals surface area contributed by atoms with Crippen LogP contribution in [-0.2, 0) is 9.59 Å². The van der Waals surface area contributed by atoms with Gasteiger partial charge in [-0.2, -0.15) is 0 Å². The fourth-order valence-electron chi connectivity index (χ4n) is 2.36. The second kappa shape index (κ2) is 7.21.